The van der Waals surface area contributed by atoms with E-state index in [1.54, 1.807) is 6.20 Å². The largest absolute Gasteiger partial charge is 0.375 e. The lowest BCUT2D eigenvalue weighted by molar-refractivity contribution is -0.125. The Morgan fingerprint density at radius 1 is 1.25 bits per heavy atom. The Balaban J connectivity index is 2.29. The van der Waals surface area contributed by atoms with Gasteiger partial charge in [0, 0.05) is 13.3 Å². The van der Waals surface area contributed by atoms with Crippen molar-refractivity contribution in [2.24, 2.45) is 0 Å². The lowest BCUT2D eigenvalue weighted by atomic mass is 10.0. The van der Waals surface area contributed by atoms with Crippen molar-refractivity contribution >= 4 is 5.91 Å². The van der Waals surface area contributed by atoms with Crippen molar-refractivity contribution in [3.8, 4) is 0 Å². The highest BCUT2D eigenvalue weighted by Gasteiger charge is 2.17. The van der Waals surface area contributed by atoms with Crippen molar-refractivity contribution in [2.45, 2.75) is 13.0 Å². The van der Waals surface area contributed by atoms with Crippen LogP contribution in [0.4, 0.5) is 0 Å². The number of aryl methyl sites for hydroxylation is 1. The Bertz CT molecular complexity index is 552. The van der Waals surface area contributed by atoms with Gasteiger partial charge in [0.2, 0.25) is 5.91 Å². The first-order chi connectivity index (χ1) is 9.70. The molecular weight excluding hydrogens is 252 g/mol. The molecule has 4 heteroatoms. The van der Waals surface area contributed by atoms with E-state index in [9.17, 15) is 4.79 Å². The molecule has 4 nitrogen and oxygen atoms in total. The summed E-state index contributed by atoms with van der Waals surface area (Å²) in [6, 6.07) is 13.4. The summed E-state index contributed by atoms with van der Waals surface area (Å²) in [6.07, 6.45) is 1.72. The summed E-state index contributed by atoms with van der Waals surface area (Å²) in [5.41, 5.74) is 2.98. The van der Waals surface area contributed by atoms with E-state index in [1.807, 2.05) is 49.4 Å². The quantitative estimate of drug-likeness (QED) is 0.906. The van der Waals surface area contributed by atoms with Crippen LogP contribution in [0.3, 0.4) is 0 Å². The first kappa shape index (κ1) is 14.2. The minimum atomic E-state index is -0.264. The van der Waals surface area contributed by atoms with E-state index in [-0.39, 0.29) is 18.6 Å². The molecule has 1 aromatic heterocycles. The maximum Gasteiger partial charge on any atom is 0.246 e. The van der Waals surface area contributed by atoms with Gasteiger partial charge in [-0.05, 0) is 24.6 Å². The molecular formula is C16H18N2O2. The molecule has 1 atom stereocenters. The van der Waals surface area contributed by atoms with Crippen molar-refractivity contribution in [3.05, 3.63) is 65.5 Å². The zero-order chi connectivity index (χ0) is 14.4. The number of rotatable bonds is 5. The molecule has 0 spiro atoms. The third-order valence-electron chi connectivity index (χ3n) is 2.97. The number of benzene rings is 1. The fourth-order valence-electron chi connectivity index (χ4n) is 1.97. The average molecular weight is 270 g/mol. The van der Waals surface area contributed by atoms with Crippen LogP contribution in [-0.2, 0) is 9.53 Å². The lowest BCUT2D eigenvalue weighted by Gasteiger charge is -2.19. The van der Waals surface area contributed by atoms with E-state index < -0.39 is 0 Å². The van der Waals surface area contributed by atoms with Crippen molar-refractivity contribution in [1.82, 2.24) is 10.3 Å². The number of carbonyl (C=O) groups excluding carboxylic acids is 1. The Morgan fingerprint density at radius 3 is 2.60 bits per heavy atom. The fourth-order valence-corrected chi connectivity index (χ4v) is 1.97. The molecule has 2 aromatic rings. The maximum atomic E-state index is 11.8. The van der Waals surface area contributed by atoms with Gasteiger partial charge in [0.1, 0.15) is 6.61 Å². The van der Waals surface area contributed by atoms with Gasteiger partial charge in [-0.2, -0.15) is 0 Å². The highest BCUT2D eigenvalue weighted by atomic mass is 16.5. The number of methoxy groups -OCH3 is 1. The number of hydrogen-bond donors (Lipinski definition) is 1. The molecule has 20 heavy (non-hydrogen) atoms. The summed E-state index contributed by atoms with van der Waals surface area (Å²) < 4.78 is 4.86. The Kier molecular flexibility index (Phi) is 4.85. The molecule has 2 rings (SSSR count). The molecule has 0 radical (unpaired) electrons. The van der Waals surface area contributed by atoms with Crippen LogP contribution in [0.25, 0.3) is 0 Å². The SMILES string of the molecule is COCC(=O)NC(c1ccc(C)cc1)c1ccccn1. The predicted octanol–water partition coefficient (Wildman–Crippen LogP) is 2.24. The maximum absolute atomic E-state index is 11.8. The monoisotopic (exact) mass is 270 g/mol. The van der Waals surface area contributed by atoms with Crippen LogP contribution >= 0.6 is 0 Å². The number of hydrogen-bond acceptors (Lipinski definition) is 3. The van der Waals surface area contributed by atoms with Crippen LogP contribution in [0.2, 0.25) is 0 Å². The Hall–Kier alpha value is -2.20. The summed E-state index contributed by atoms with van der Waals surface area (Å²) in [6.45, 7) is 2.07. The van der Waals surface area contributed by atoms with Crippen LogP contribution in [0.1, 0.15) is 22.9 Å². The topological polar surface area (TPSA) is 51.2 Å². The molecule has 1 N–H and O–H groups in total. The van der Waals surface area contributed by atoms with E-state index in [0.717, 1.165) is 11.3 Å². The summed E-state index contributed by atoms with van der Waals surface area (Å²) >= 11 is 0. The zero-order valence-corrected chi connectivity index (χ0v) is 11.7. The smallest absolute Gasteiger partial charge is 0.246 e. The number of carbonyl (C=O) groups is 1. The summed E-state index contributed by atoms with van der Waals surface area (Å²) in [4.78, 5) is 16.1. The highest BCUT2D eigenvalue weighted by Crippen LogP contribution is 2.20. The molecule has 104 valence electrons. The van der Waals surface area contributed by atoms with Gasteiger partial charge in [-0.25, -0.2) is 0 Å². The lowest BCUT2D eigenvalue weighted by Crippen LogP contribution is -2.32. The molecule has 1 unspecified atom stereocenters. The minimum Gasteiger partial charge on any atom is -0.375 e. The highest BCUT2D eigenvalue weighted by molar-refractivity contribution is 5.78. The van der Waals surface area contributed by atoms with Crippen LogP contribution in [-0.4, -0.2) is 24.6 Å². The molecule has 0 aliphatic heterocycles. The number of nitrogens with one attached hydrogen (secondary N) is 1. The fraction of sp³-hybridized carbons (Fsp3) is 0.250. The van der Waals surface area contributed by atoms with Gasteiger partial charge < -0.3 is 10.1 Å². The second-order valence-corrected chi connectivity index (χ2v) is 4.60. The molecule has 0 fully saturated rings. The van der Waals surface area contributed by atoms with Gasteiger partial charge >= 0.3 is 0 Å². The zero-order valence-electron chi connectivity index (χ0n) is 11.7. The third kappa shape index (κ3) is 3.65. The molecule has 0 aliphatic rings. The van der Waals surface area contributed by atoms with E-state index in [2.05, 4.69) is 10.3 Å². The Morgan fingerprint density at radius 2 is 2.00 bits per heavy atom. The number of ether oxygens (including phenoxy) is 1. The molecule has 0 aliphatic carbocycles. The van der Waals surface area contributed by atoms with Crippen LogP contribution in [0, 0.1) is 6.92 Å². The standard InChI is InChI=1S/C16H18N2O2/c1-12-6-8-13(9-7-12)16(18-15(19)11-20-2)14-5-3-4-10-17-14/h3-10,16H,11H2,1-2H3,(H,18,19). The molecule has 0 saturated carbocycles. The summed E-state index contributed by atoms with van der Waals surface area (Å²) in [5.74, 6) is -0.163. The van der Waals surface area contributed by atoms with Crippen LogP contribution < -0.4 is 5.32 Å². The van der Waals surface area contributed by atoms with E-state index in [0.29, 0.717) is 0 Å². The van der Waals surface area contributed by atoms with Crippen LogP contribution in [0.15, 0.2) is 48.7 Å². The van der Waals surface area contributed by atoms with Gasteiger partial charge in [-0.1, -0.05) is 35.9 Å². The van der Waals surface area contributed by atoms with E-state index in [1.165, 1.54) is 12.7 Å². The van der Waals surface area contributed by atoms with Gasteiger partial charge in [0.05, 0.1) is 11.7 Å². The van der Waals surface area contributed by atoms with Crippen LogP contribution in [0.5, 0.6) is 0 Å². The van der Waals surface area contributed by atoms with E-state index in [4.69, 9.17) is 4.74 Å². The first-order valence-electron chi connectivity index (χ1n) is 6.46. The third-order valence-corrected chi connectivity index (χ3v) is 2.97. The van der Waals surface area contributed by atoms with Gasteiger partial charge in [-0.3, -0.25) is 9.78 Å². The Labute approximate surface area is 118 Å². The van der Waals surface area contributed by atoms with Gasteiger partial charge in [-0.15, -0.1) is 0 Å². The molecule has 0 saturated heterocycles. The molecule has 1 aromatic carbocycles. The summed E-state index contributed by atoms with van der Waals surface area (Å²) in [7, 11) is 1.50. The molecule has 1 heterocycles. The van der Waals surface area contributed by atoms with Crippen molar-refractivity contribution in [3.63, 3.8) is 0 Å². The number of amides is 1. The molecule has 0 bridgehead atoms. The van der Waals surface area contributed by atoms with Crippen molar-refractivity contribution in [1.29, 1.82) is 0 Å². The number of nitrogens with zero attached hydrogens (tertiary/aromatic N) is 1. The average Bonchev–Trinajstić information content (AvgIpc) is 2.47. The van der Waals surface area contributed by atoms with E-state index >= 15 is 0 Å². The predicted molar refractivity (Wildman–Crippen MR) is 77.3 cm³/mol. The van der Waals surface area contributed by atoms with Crippen molar-refractivity contribution < 1.29 is 9.53 Å². The van der Waals surface area contributed by atoms with Gasteiger partial charge in [0.25, 0.3) is 0 Å². The second kappa shape index (κ2) is 6.82. The van der Waals surface area contributed by atoms with Crippen molar-refractivity contribution in [2.75, 3.05) is 13.7 Å². The second-order valence-electron chi connectivity index (χ2n) is 4.60. The number of pyridine rings is 1. The minimum absolute atomic E-state index is 0.0369. The van der Waals surface area contributed by atoms with Gasteiger partial charge in [0.15, 0.2) is 0 Å². The molecule has 1 amide bonds. The normalized spacial score (nSPS) is 11.9. The first-order valence-corrected chi connectivity index (χ1v) is 6.46. The summed E-state index contributed by atoms with van der Waals surface area (Å²) in [5, 5.41) is 2.94. The number of aromatic nitrogens is 1.